The molecule has 0 N–H and O–H groups in total. The van der Waals surface area contributed by atoms with Crippen molar-refractivity contribution in [1.29, 1.82) is 0 Å². The third-order valence-corrected chi connectivity index (χ3v) is 7.57. The zero-order valence-electron chi connectivity index (χ0n) is 17.8. The van der Waals surface area contributed by atoms with Crippen LogP contribution in [0.25, 0.3) is 0 Å². The maximum atomic E-state index is 13.9. The zero-order valence-corrected chi connectivity index (χ0v) is 17.8. The minimum atomic E-state index is -0.484. The highest BCUT2D eigenvalue weighted by molar-refractivity contribution is 5.91. The van der Waals surface area contributed by atoms with Crippen LogP contribution in [-0.4, -0.2) is 58.8 Å². The number of carbonyl (C=O) groups excluding carboxylic acids is 2. The highest BCUT2D eigenvalue weighted by Crippen LogP contribution is 2.50. The second-order valence-electron chi connectivity index (χ2n) is 9.23. The molecule has 0 bridgehead atoms. The lowest BCUT2D eigenvalue weighted by atomic mass is 9.68. The number of hydrogen-bond acceptors (Lipinski definition) is 4. The van der Waals surface area contributed by atoms with E-state index in [-0.39, 0.29) is 11.8 Å². The Kier molecular flexibility index (Phi) is 5.25. The van der Waals surface area contributed by atoms with E-state index in [1.54, 1.807) is 0 Å². The van der Waals surface area contributed by atoms with Crippen molar-refractivity contribution < 1.29 is 9.59 Å². The molecule has 0 radical (unpaired) electrons. The molecule has 1 aromatic rings. The average molecular weight is 409 g/mol. The van der Waals surface area contributed by atoms with Crippen molar-refractivity contribution in [3.8, 4) is 0 Å². The number of piperidine rings is 1. The molecule has 160 valence electrons. The number of piperazine rings is 1. The normalized spacial score (nSPS) is 27.8. The maximum absolute atomic E-state index is 13.9. The second-order valence-corrected chi connectivity index (χ2v) is 9.23. The quantitative estimate of drug-likeness (QED) is 0.770. The Balaban J connectivity index is 1.35. The van der Waals surface area contributed by atoms with Crippen molar-refractivity contribution in [1.82, 2.24) is 14.8 Å². The van der Waals surface area contributed by atoms with Crippen molar-refractivity contribution in [2.45, 2.75) is 63.8 Å². The molecule has 2 saturated heterocycles. The Hall–Kier alpha value is -2.37. The number of fused-ring (bicyclic) bond motifs is 1. The first-order chi connectivity index (χ1) is 14.7. The van der Waals surface area contributed by atoms with Crippen molar-refractivity contribution in [3.63, 3.8) is 0 Å². The standard InChI is InChI=1S/C24H32N4O2/c29-22-11-13-24(12-5-3-9-20(24)28(22)19-7-1-2-8-19)23(30)27-17-15-26(16-18-27)21-10-4-6-14-25-21/h4,6,9-10,14,19H,1-3,5,7-8,11-13,15-18H2. The lowest BCUT2D eigenvalue weighted by Crippen LogP contribution is -2.58. The van der Waals surface area contributed by atoms with E-state index >= 15 is 0 Å². The molecule has 3 fully saturated rings. The topological polar surface area (TPSA) is 56.8 Å². The summed E-state index contributed by atoms with van der Waals surface area (Å²) < 4.78 is 0. The summed E-state index contributed by atoms with van der Waals surface area (Å²) in [6, 6.07) is 6.27. The molecule has 30 heavy (non-hydrogen) atoms. The van der Waals surface area contributed by atoms with Gasteiger partial charge in [-0.2, -0.15) is 0 Å². The number of likely N-dealkylation sites (tertiary alicyclic amines) is 1. The predicted molar refractivity (Wildman–Crippen MR) is 116 cm³/mol. The van der Waals surface area contributed by atoms with Crippen LogP contribution in [-0.2, 0) is 9.59 Å². The van der Waals surface area contributed by atoms with Gasteiger partial charge in [-0.25, -0.2) is 4.98 Å². The smallest absolute Gasteiger partial charge is 0.234 e. The number of aromatic nitrogens is 1. The van der Waals surface area contributed by atoms with Gasteiger partial charge in [0.05, 0.1) is 5.41 Å². The van der Waals surface area contributed by atoms with Crippen LogP contribution in [0.2, 0.25) is 0 Å². The van der Waals surface area contributed by atoms with Gasteiger partial charge in [-0.3, -0.25) is 9.59 Å². The van der Waals surface area contributed by atoms with E-state index < -0.39 is 5.41 Å². The van der Waals surface area contributed by atoms with Crippen molar-refractivity contribution >= 4 is 17.6 Å². The van der Waals surface area contributed by atoms with Crippen LogP contribution in [0, 0.1) is 5.41 Å². The van der Waals surface area contributed by atoms with Gasteiger partial charge in [-0.1, -0.05) is 25.0 Å². The van der Waals surface area contributed by atoms with Gasteiger partial charge in [0.25, 0.3) is 0 Å². The van der Waals surface area contributed by atoms with E-state index in [0.29, 0.717) is 18.9 Å². The summed E-state index contributed by atoms with van der Waals surface area (Å²) in [7, 11) is 0. The zero-order chi connectivity index (χ0) is 20.6. The third kappa shape index (κ3) is 3.30. The molecule has 5 rings (SSSR count). The summed E-state index contributed by atoms with van der Waals surface area (Å²) in [6.07, 6.45) is 12.7. The Bertz CT molecular complexity index is 825. The number of pyridine rings is 1. The first-order valence-corrected chi connectivity index (χ1v) is 11.7. The Morgan fingerprint density at radius 1 is 1.03 bits per heavy atom. The van der Waals surface area contributed by atoms with Crippen LogP contribution < -0.4 is 4.90 Å². The summed E-state index contributed by atoms with van der Waals surface area (Å²) >= 11 is 0. The number of carbonyl (C=O) groups is 2. The number of allylic oxidation sites excluding steroid dienone is 1. The van der Waals surface area contributed by atoms with Crippen molar-refractivity contribution in [2.75, 3.05) is 31.1 Å². The molecule has 2 aliphatic heterocycles. The van der Waals surface area contributed by atoms with E-state index in [1.807, 2.05) is 24.4 Å². The molecule has 0 spiro atoms. The molecule has 6 heteroatoms. The molecular weight excluding hydrogens is 376 g/mol. The van der Waals surface area contributed by atoms with Crippen LogP contribution in [0.15, 0.2) is 36.2 Å². The average Bonchev–Trinajstić information content (AvgIpc) is 3.34. The van der Waals surface area contributed by atoms with Gasteiger partial charge >= 0.3 is 0 Å². The molecule has 4 aliphatic rings. The SMILES string of the molecule is O=C1CCC2(C(=O)N3CCN(c4ccccn4)CC3)CCCC=C2N1C1CCCC1. The van der Waals surface area contributed by atoms with Crippen LogP contribution in [0.3, 0.4) is 0 Å². The highest BCUT2D eigenvalue weighted by atomic mass is 16.2. The molecular formula is C24H32N4O2. The summed E-state index contributed by atoms with van der Waals surface area (Å²) in [5.41, 5.74) is 0.566. The number of amides is 2. The van der Waals surface area contributed by atoms with Gasteiger partial charge in [0.15, 0.2) is 0 Å². The fraction of sp³-hybridized carbons (Fsp3) is 0.625. The van der Waals surface area contributed by atoms with E-state index in [2.05, 4.69) is 25.8 Å². The molecule has 1 atom stereocenters. The summed E-state index contributed by atoms with van der Waals surface area (Å²) in [6.45, 7) is 3.07. The molecule has 2 amide bonds. The molecule has 1 unspecified atom stereocenters. The van der Waals surface area contributed by atoms with Crippen LogP contribution in [0.5, 0.6) is 0 Å². The van der Waals surface area contributed by atoms with Gasteiger partial charge < -0.3 is 14.7 Å². The van der Waals surface area contributed by atoms with Crippen LogP contribution >= 0.6 is 0 Å². The van der Waals surface area contributed by atoms with Crippen molar-refractivity contribution in [3.05, 3.63) is 36.2 Å². The molecule has 1 saturated carbocycles. The largest absolute Gasteiger partial charge is 0.353 e. The first kappa shape index (κ1) is 19.6. The first-order valence-electron chi connectivity index (χ1n) is 11.7. The van der Waals surface area contributed by atoms with Gasteiger partial charge in [-0.05, 0) is 50.7 Å². The van der Waals surface area contributed by atoms with Gasteiger partial charge in [0.2, 0.25) is 11.8 Å². The lowest BCUT2D eigenvalue weighted by Gasteiger charge is -2.50. The fourth-order valence-corrected chi connectivity index (χ4v) is 5.99. The molecule has 0 aromatic carbocycles. The van der Waals surface area contributed by atoms with Crippen molar-refractivity contribution in [2.24, 2.45) is 5.41 Å². The summed E-state index contributed by atoms with van der Waals surface area (Å²) in [5, 5.41) is 0. The highest BCUT2D eigenvalue weighted by Gasteiger charge is 2.52. The number of hydrogen-bond donors (Lipinski definition) is 0. The second kappa shape index (κ2) is 8.05. The van der Waals surface area contributed by atoms with Crippen LogP contribution in [0.1, 0.15) is 57.8 Å². The number of nitrogens with zero attached hydrogens (tertiary/aromatic N) is 4. The molecule has 3 heterocycles. The van der Waals surface area contributed by atoms with E-state index in [1.165, 1.54) is 12.8 Å². The number of anilines is 1. The summed E-state index contributed by atoms with van der Waals surface area (Å²) in [5.74, 6) is 1.47. The lowest BCUT2D eigenvalue weighted by molar-refractivity contribution is -0.149. The Morgan fingerprint density at radius 3 is 2.57 bits per heavy atom. The third-order valence-electron chi connectivity index (χ3n) is 7.57. The summed E-state index contributed by atoms with van der Waals surface area (Å²) in [4.78, 5) is 37.7. The fourth-order valence-electron chi connectivity index (χ4n) is 5.99. The molecule has 1 aromatic heterocycles. The minimum absolute atomic E-state index is 0.235. The number of rotatable bonds is 3. The minimum Gasteiger partial charge on any atom is -0.353 e. The van der Waals surface area contributed by atoms with Crippen LogP contribution in [0.4, 0.5) is 5.82 Å². The van der Waals surface area contributed by atoms with E-state index in [4.69, 9.17) is 0 Å². The van der Waals surface area contributed by atoms with Gasteiger partial charge in [0, 0.05) is 50.5 Å². The van der Waals surface area contributed by atoms with E-state index in [0.717, 1.165) is 69.8 Å². The Labute approximate surface area is 178 Å². The monoisotopic (exact) mass is 408 g/mol. The molecule has 6 nitrogen and oxygen atoms in total. The van der Waals surface area contributed by atoms with E-state index in [9.17, 15) is 9.59 Å². The maximum Gasteiger partial charge on any atom is 0.234 e. The van der Waals surface area contributed by atoms with Gasteiger partial charge in [0.1, 0.15) is 5.82 Å². The predicted octanol–water partition coefficient (Wildman–Crippen LogP) is 3.35. The Morgan fingerprint density at radius 2 is 1.83 bits per heavy atom. The van der Waals surface area contributed by atoms with Gasteiger partial charge in [-0.15, -0.1) is 0 Å². The molecule has 2 aliphatic carbocycles.